The van der Waals surface area contributed by atoms with E-state index in [-0.39, 0.29) is 0 Å². The second-order valence-corrected chi connectivity index (χ2v) is 5.67. The van der Waals surface area contributed by atoms with Crippen LogP contribution in [0.3, 0.4) is 0 Å². The van der Waals surface area contributed by atoms with Gasteiger partial charge in [0.2, 0.25) is 0 Å². The third-order valence-corrected chi connectivity index (χ3v) is 3.80. The van der Waals surface area contributed by atoms with Crippen molar-refractivity contribution in [3.8, 4) is 0 Å². The summed E-state index contributed by atoms with van der Waals surface area (Å²) in [6, 6.07) is 6.36. The Morgan fingerprint density at radius 3 is 2.65 bits per heavy atom. The van der Waals surface area contributed by atoms with Crippen molar-refractivity contribution in [1.82, 2.24) is 4.90 Å². The van der Waals surface area contributed by atoms with Gasteiger partial charge in [0.05, 0.1) is 0 Å². The highest BCUT2D eigenvalue weighted by molar-refractivity contribution is 7.98. The zero-order chi connectivity index (χ0) is 12.8. The molecule has 0 saturated carbocycles. The lowest BCUT2D eigenvalue weighted by Gasteiger charge is -2.26. The standard InChI is InChI=1S/C13H21ClN2S/c1-4-13(9-17-3)16(2)8-10-5-11(14)7-12(15)6-10/h5-7,13H,4,8-9,15H2,1-3H3. The second kappa shape index (κ2) is 7.14. The van der Waals surface area contributed by atoms with E-state index in [1.165, 1.54) is 5.56 Å². The molecule has 0 bridgehead atoms. The Hall–Kier alpha value is -0.380. The van der Waals surface area contributed by atoms with Gasteiger partial charge in [0.15, 0.2) is 0 Å². The number of benzene rings is 1. The van der Waals surface area contributed by atoms with Crippen molar-refractivity contribution in [3.63, 3.8) is 0 Å². The smallest absolute Gasteiger partial charge is 0.0429 e. The summed E-state index contributed by atoms with van der Waals surface area (Å²) in [6.45, 7) is 3.12. The van der Waals surface area contributed by atoms with Crippen LogP contribution in [0.2, 0.25) is 5.02 Å². The van der Waals surface area contributed by atoms with Gasteiger partial charge in [0.25, 0.3) is 0 Å². The van der Waals surface area contributed by atoms with Crippen LogP contribution in [0.5, 0.6) is 0 Å². The third kappa shape index (κ3) is 4.78. The molecule has 2 nitrogen and oxygen atoms in total. The minimum Gasteiger partial charge on any atom is -0.399 e. The van der Waals surface area contributed by atoms with Gasteiger partial charge in [-0.05, 0) is 43.5 Å². The fourth-order valence-electron chi connectivity index (χ4n) is 1.93. The molecule has 0 spiro atoms. The van der Waals surface area contributed by atoms with Crippen LogP contribution in [0.25, 0.3) is 0 Å². The van der Waals surface area contributed by atoms with E-state index in [2.05, 4.69) is 25.1 Å². The predicted octanol–water partition coefficient (Wildman–Crippen LogP) is 3.50. The molecule has 17 heavy (non-hydrogen) atoms. The zero-order valence-electron chi connectivity index (χ0n) is 10.7. The monoisotopic (exact) mass is 272 g/mol. The zero-order valence-corrected chi connectivity index (χ0v) is 12.3. The molecule has 4 heteroatoms. The fraction of sp³-hybridized carbons (Fsp3) is 0.538. The van der Waals surface area contributed by atoms with E-state index < -0.39 is 0 Å². The quantitative estimate of drug-likeness (QED) is 0.804. The van der Waals surface area contributed by atoms with E-state index in [0.29, 0.717) is 11.1 Å². The van der Waals surface area contributed by atoms with Gasteiger partial charge in [-0.15, -0.1) is 0 Å². The second-order valence-electron chi connectivity index (χ2n) is 4.33. The lowest BCUT2D eigenvalue weighted by atomic mass is 10.1. The van der Waals surface area contributed by atoms with Crippen molar-refractivity contribution in [2.75, 3.05) is 24.8 Å². The third-order valence-electron chi connectivity index (χ3n) is 2.87. The van der Waals surface area contributed by atoms with Crippen molar-refractivity contribution in [3.05, 3.63) is 28.8 Å². The molecule has 0 saturated heterocycles. The molecule has 1 atom stereocenters. The van der Waals surface area contributed by atoms with E-state index in [1.807, 2.05) is 23.9 Å². The molecule has 96 valence electrons. The van der Waals surface area contributed by atoms with Crippen LogP contribution >= 0.6 is 23.4 Å². The Kier molecular flexibility index (Phi) is 6.17. The molecule has 1 aromatic carbocycles. The molecule has 2 N–H and O–H groups in total. The minimum absolute atomic E-state index is 0.602. The normalized spacial score (nSPS) is 13.0. The van der Waals surface area contributed by atoms with E-state index >= 15 is 0 Å². The molecule has 1 aromatic rings. The maximum atomic E-state index is 6.01. The van der Waals surface area contributed by atoms with Crippen molar-refractivity contribution in [2.24, 2.45) is 0 Å². The van der Waals surface area contributed by atoms with Crippen LogP contribution in [0.15, 0.2) is 18.2 Å². The molecular formula is C13H21ClN2S. The van der Waals surface area contributed by atoms with E-state index in [0.717, 1.165) is 24.4 Å². The summed E-state index contributed by atoms with van der Waals surface area (Å²) >= 11 is 7.89. The van der Waals surface area contributed by atoms with Crippen molar-refractivity contribution >= 4 is 29.1 Å². The van der Waals surface area contributed by atoms with Gasteiger partial charge < -0.3 is 5.73 Å². The Morgan fingerprint density at radius 2 is 2.12 bits per heavy atom. The first-order chi connectivity index (χ1) is 8.06. The van der Waals surface area contributed by atoms with Crippen LogP contribution in [-0.2, 0) is 6.54 Å². The summed E-state index contributed by atoms with van der Waals surface area (Å²) in [5.74, 6) is 1.16. The number of rotatable bonds is 6. The Labute approximate surface area is 114 Å². The van der Waals surface area contributed by atoms with Crippen molar-refractivity contribution in [2.45, 2.75) is 25.9 Å². The van der Waals surface area contributed by atoms with Crippen molar-refractivity contribution in [1.29, 1.82) is 0 Å². The molecular weight excluding hydrogens is 252 g/mol. The SMILES string of the molecule is CCC(CSC)N(C)Cc1cc(N)cc(Cl)c1. The molecule has 0 fully saturated rings. The number of thioether (sulfide) groups is 1. The number of nitrogens with two attached hydrogens (primary N) is 1. The lowest BCUT2D eigenvalue weighted by molar-refractivity contribution is 0.248. The highest BCUT2D eigenvalue weighted by atomic mass is 35.5. The molecule has 0 heterocycles. The highest BCUT2D eigenvalue weighted by Gasteiger charge is 2.12. The summed E-state index contributed by atoms with van der Waals surface area (Å²) in [5.41, 5.74) is 7.71. The summed E-state index contributed by atoms with van der Waals surface area (Å²) in [6.07, 6.45) is 3.31. The Balaban J connectivity index is 2.68. The van der Waals surface area contributed by atoms with Crippen LogP contribution in [-0.4, -0.2) is 30.0 Å². The van der Waals surface area contributed by atoms with Crippen LogP contribution in [0, 0.1) is 0 Å². The van der Waals surface area contributed by atoms with Gasteiger partial charge in [-0.25, -0.2) is 0 Å². The number of hydrogen-bond donors (Lipinski definition) is 1. The van der Waals surface area contributed by atoms with E-state index in [1.54, 1.807) is 6.07 Å². The van der Waals surface area contributed by atoms with Crippen LogP contribution in [0.4, 0.5) is 5.69 Å². The largest absolute Gasteiger partial charge is 0.399 e. The van der Waals surface area contributed by atoms with E-state index in [9.17, 15) is 0 Å². The molecule has 0 aliphatic rings. The first kappa shape index (κ1) is 14.7. The molecule has 0 aliphatic heterocycles. The van der Waals surface area contributed by atoms with Crippen LogP contribution < -0.4 is 5.73 Å². The summed E-state index contributed by atoms with van der Waals surface area (Å²) in [4.78, 5) is 2.36. The van der Waals surface area contributed by atoms with Gasteiger partial charge in [0.1, 0.15) is 0 Å². The van der Waals surface area contributed by atoms with Gasteiger partial charge >= 0.3 is 0 Å². The van der Waals surface area contributed by atoms with Crippen LogP contribution in [0.1, 0.15) is 18.9 Å². The lowest BCUT2D eigenvalue weighted by Crippen LogP contribution is -2.32. The van der Waals surface area contributed by atoms with Gasteiger partial charge in [-0.3, -0.25) is 4.90 Å². The topological polar surface area (TPSA) is 29.3 Å². The summed E-state index contributed by atoms with van der Waals surface area (Å²) < 4.78 is 0. The van der Waals surface area contributed by atoms with Gasteiger partial charge in [-0.1, -0.05) is 18.5 Å². The maximum absolute atomic E-state index is 6.01. The Bertz CT molecular complexity index is 337. The number of nitrogen functional groups attached to an aromatic ring is 1. The predicted molar refractivity (Wildman–Crippen MR) is 79.8 cm³/mol. The average Bonchev–Trinajstić information content (AvgIpc) is 2.24. The minimum atomic E-state index is 0.602. The molecule has 0 radical (unpaired) electrons. The maximum Gasteiger partial charge on any atom is 0.0429 e. The molecule has 0 aromatic heterocycles. The number of anilines is 1. The molecule has 1 unspecified atom stereocenters. The highest BCUT2D eigenvalue weighted by Crippen LogP contribution is 2.19. The first-order valence-electron chi connectivity index (χ1n) is 5.81. The van der Waals surface area contributed by atoms with Crippen molar-refractivity contribution < 1.29 is 0 Å². The Morgan fingerprint density at radius 1 is 1.41 bits per heavy atom. The fourth-order valence-corrected chi connectivity index (χ4v) is 3.07. The number of hydrogen-bond acceptors (Lipinski definition) is 3. The van der Waals surface area contributed by atoms with Gasteiger partial charge in [-0.2, -0.15) is 11.8 Å². The average molecular weight is 273 g/mol. The first-order valence-corrected chi connectivity index (χ1v) is 7.58. The molecule has 1 rings (SSSR count). The summed E-state index contributed by atoms with van der Waals surface area (Å²) in [5, 5.41) is 0.714. The summed E-state index contributed by atoms with van der Waals surface area (Å²) in [7, 11) is 2.15. The van der Waals surface area contributed by atoms with E-state index in [4.69, 9.17) is 17.3 Å². The number of nitrogens with zero attached hydrogens (tertiary/aromatic N) is 1. The molecule has 0 aliphatic carbocycles. The molecule has 0 amide bonds. The number of halogens is 1. The van der Waals surface area contributed by atoms with Gasteiger partial charge in [0, 0.05) is 29.0 Å².